The second-order valence-electron chi connectivity index (χ2n) is 5.05. The van der Waals surface area contributed by atoms with Crippen LogP contribution in [0.25, 0.3) is 0 Å². The highest BCUT2D eigenvalue weighted by atomic mass is 16.9. The maximum atomic E-state index is 5.79. The van der Waals surface area contributed by atoms with Gasteiger partial charge in [0.1, 0.15) is 0 Å². The van der Waals surface area contributed by atoms with Gasteiger partial charge in [0, 0.05) is 11.0 Å². The minimum absolute atomic E-state index is 0.0183. The van der Waals surface area contributed by atoms with Crippen LogP contribution in [0.15, 0.2) is 24.3 Å². The van der Waals surface area contributed by atoms with Gasteiger partial charge in [-0.2, -0.15) is 0 Å². The van der Waals surface area contributed by atoms with Gasteiger partial charge in [0.25, 0.3) is 0 Å². The number of rotatable bonds is 1. The number of hydrogen-bond acceptors (Lipinski definition) is 3. The molecule has 0 N–H and O–H groups in total. The molecule has 0 saturated carbocycles. The normalized spacial score (nSPS) is 37.6. The Morgan fingerprint density at radius 1 is 1.00 bits per heavy atom. The fourth-order valence-electron chi connectivity index (χ4n) is 2.21. The molecule has 3 fully saturated rings. The zero-order valence-electron chi connectivity index (χ0n) is 9.66. The van der Waals surface area contributed by atoms with E-state index in [1.807, 2.05) is 31.2 Å². The first-order valence-corrected chi connectivity index (χ1v) is 5.62. The number of aryl methyl sites for hydroxylation is 1. The van der Waals surface area contributed by atoms with E-state index < -0.39 is 5.97 Å². The van der Waals surface area contributed by atoms with Gasteiger partial charge in [0.2, 0.25) is 0 Å². The van der Waals surface area contributed by atoms with Crippen LogP contribution in [-0.4, -0.2) is 19.8 Å². The lowest BCUT2D eigenvalue weighted by atomic mass is 9.90. The molecule has 16 heavy (non-hydrogen) atoms. The molecule has 4 rings (SSSR count). The van der Waals surface area contributed by atoms with Crippen molar-refractivity contribution in [3.8, 4) is 0 Å². The molecule has 1 aromatic rings. The summed E-state index contributed by atoms with van der Waals surface area (Å²) in [5.41, 5.74) is 2.13. The minimum atomic E-state index is -0.955. The minimum Gasteiger partial charge on any atom is -0.323 e. The van der Waals surface area contributed by atoms with Crippen molar-refractivity contribution in [1.29, 1.82) is 0 Å². The van der Waals surface area contributed by atoms with Crippen LogP contribution in [0.4, 0.5) is 0 Å². The van der Waals surface area contributed by atoms with Gasteiger partial charge in [-0.3, -0.25) is 0 Å². The Bertz CT molecular complexity index is 389. The van der Waals surface area contributed by atoms with Crippen molar-refractivity contribution in [2.24, 2.45) is 5.41 Å². The average molecular weight is 220 g/mol. The zero-order valence-corrected chi connectivity index (χ0v) is 9.66. The van der Waals surface area contributed by atoms with E-state index in [4.69, 9.17) is 14.2 Å². The molecule has 2 bridgehead atoms. The smallest absolute Gasteiger partial charge is 0.312 e. The molecular weight excluding hydrogens is 204 g/mol. The maximum Gasteiger partial charge on any atom is 0.312 e. The van der Waals surface area contributed by atoms with Gasteiger partial charge >= 0.3 is 5.97 Å². The van der Waals surface area contributed by atoms with Gasteiger partial charge < -0.3 is 14.2 Å². The lowest BCUT2D eigenvalue weighted by molar-refractivity contribution is -0.477. The predicted molar refractivity (Wildman–Crippen MR) is 58.8 cm³/mol. The predicted octanol–water partition coefficient (Wildman–Crippen LogP) is 2.19. The van der Waals surface area contributed by atoms with Crippen LogP contribution in [0, 0.1) is 12.3 Å². The number of hydrogen-bond donors (Lipinski definition) is 0. The fraction of sp³-hybridized carbons (Fsp3) is 0.538. The highest BCUT2D eigenvalue weighted by Gasteiger charge is 2.51. The highest BCUT2D eigenvalue weighted by Crippen LogP contribution is 2.44. The van der Waals surface area contributed by atoms with Gasteiger partial charge in [0.05, 0.1) is 19.8 Å². The quantitative estimate of drug-likeness (QED) is 0.726. The zero-order chi connectivity index (χ0) is 11.2. The molecule has 0 aromatic heterocycles. The van der Waals surface area contributed by atoms with Crippen LogP contribution in [0.5, 0.6) is 0 Å². The second-order valence-corrected chi connectivity index (χ2v) is 5.05. The summed E-state index contributed by atoms with van der Waals surface area (Å²) in [6, 6.07) is 8.03. The Morgan fingerprint density at radius 2 is 1.56 bits per heavy atom. The van der Waals surface area contributed by atoms with E-state index in [0.717, 1.165) is 11.1 Å². The van der Waals surface area contributed by atoms with Crippen molar-refractivity contribution in [2.45, 2.75) is 19.8 Å². The fourth-order valence-corrected chi connectivity index (χ4v) is 2.21. The lowest BCUT2D eigenvalue weighted by Gasteiger charge is -2.50. The third-order valence-electron chi connectivity index (χ3n) is 3.31. The Morgan fingerprint density at radius 3 is 2.12 bits per heavy atom. The van der Waals surface area contributed by atoms with Crippen LogP contribution >= 0.6 is 0 Å². The van der Waals surface area contributed by atoms with Gasteiger partial charge in [-0.15, -0.1) is 0 Å². The van der Waals surface area contributed by atoms with Crippen LogP contribution < -0.4 is 0 Å². The summed E-state index contributed by atoms with van der Waals surface area (Å²) in [6.45, 7) is 6.25. The number of benzene rings is 1. The molecule has 3 nitrogen and oxygen atoms in total. The first-order chi connectivity index (χ1) is 7.64. The molecule has 3 heterocycles. The maximum absolute atomic E-state index is 5.79. The monoisotopic (exact) mass is 220 g/mol. The molecule has 0 unspecified atom stereocenters. The van der Waals surface area contributed by atoms with Crippen molar-refractivity contribution in [2.75, 3.05) is 19.8 Å². The topological polar surface area (TPSA) is 27.7 Å². The summed E-state index contributed by atoms with van der Waals surface area (Å²) in [5.74, 6) is -0.955. The van der Waals surface area contributed by atoms with Crippen molar-refractivity contribution in [3.63, 3.8) is 0 Å². The molecule has 3 aliphatic heterocycles. The molecule has 0 aliphatic carbocycles. The summed E-state index contributed by atoms with van der Waals surface area (Å²) >= 11 is 0. The molecule has 0 atom stereocenters. The third-order valence-corrected chi connectivity index (χ3v) is 3.31. The number of ether oxygens (including phenoxy) is 3. The lowest BCUT2D eigenvalue weighted by Crippen LogP contribution is -2.57. The Balaban J connectivity index is 1.99. The van der Waals surface area contributed by atoms with Gasteiger partial charge in [-0.1, -0.05) is 31.2 Å². The Labute approximate surface area is 95.3 Å². The van der Waals surface area contributed by atoms with Crippen molar-refractivity contribution < 1.29 is 14.2 Å². The molecule has 1 aromatic carbocycles. The summed E-state index contributed by atoms with van der Waals surface area (Å²) in [7, 11) is 0. The van der Waals surface area contributed by atoms with Gasteiger partial charge in [0.15, 0.2) is 0 Å². The highest BCUT2D eigenvalue weighted by molar-refractivity contribution is 5.29. The van der Waals surface area contributed by atoms with E-state index >= 15 is 0 Å². The molecule has 86 valence electrons. The average Bonchev–Trinajstić information content (AvgIpc) is 2.31. The Hall–Kier alpha value is -0.900. The van der Waals surface area contributed by atoms with E-state index in [9.17, 15) is 0 Å². The molecule has 0 amide bonds. The molecule has 3 heteroatoms. The van der Waals surface area contributed by atoms with Crippen LogP contribution in [0.3, 0.4) is 0 Å². The largest absolute Gasteiger partial charge is 0.323 e. The summed E-state index contributed by atoms with van der Waals surface area (Å²) < 4.78 is 17.4. The van der Waals surface area contributed by atoms with E-state index in [1.54, 1.807) is 0 Å². The van der Waals surface area contributed by atoms with Crippen LogP contribution in [0.2, 0.25) is 0 Å². The van der Waals surface area contributed by atoms with Crippen molar-refractivity contribution in [1.82, 2.24) is 0 Å². The van der Waals surface area contributed by atoms with Crippen LogP contribution in [-0.2, 0) is 20.2 Å². The van der Waals surface area contributed by atoms with E-state index in [2.05, 4.69) is 6.92 Å². The molecule has 3 aliphatic rings. The number of fused-ring (bicyclic) bond motifs is 3. The SMILES string of the molecule is Cc1ccccc1C12OCC(C)(CO1)CO2. The first kappa shape index (κ1) is 10.3. The van der Waals surface area contributed by atoms with Crippen molar-refractivity contribution in [3.05, 3.63) is 35.4 Å². The Kier molecular flexibility index (Phi) is 2.11. The standard InChI is InChI=1S/C13H16O3/c1-10-5-3-4-6-11(10)13-14-7-12(2,8-15-13)9-16-13/h3-6H,7-9H2,1-2H3. The van der Waals surface area contributed by atoms with E-state index in [0.29, 0.717) is 19.8 Å². The molecule has 0 radical (unpaired) electrons. The van der Waals surface area contributed by atoms with Crippen molar-refractivity contribution >= 4 is 0 Å². The second kappa shape index (κ2) is 3.29. The first-order valence-electron chi connectivity index (χ1n) is 5.62. The third kappa shape index (κ3) is 1.39. The van der Waals surface area contributed by atoms with Gasteiger partial charge in [-0.05, 0) is 12.5 Å². The van der Waals surface area contributed by atoms with Gasteiger partial charge in [-0.25, -0.2) is 0 Å². The summed E-state index contributed by atoms with van der Waals surface area (Å²) in [4.78, 5) is 0. The summed E-state index contributed by atoms with van der Waals surface area (Å²) in [6.07, 6.45) is 0. The molecule has 3 saturated heterocycles. The molecular formula is C13H16O3. The van der Waals surface area contributed by atoms with E-state index in [1.165, 1.54) is 0 Å². The van der Waals surface area contributed by atoms with Crippen LogP contribution in [0.1, 0.15) is 18.1 Å². The summed E-state index contributed by atoms with van der Waals surface area (Å²) in [5, 5.41) is 0. The van der Waals surface area contributed by atoms with E-state index in [-0.39, 0.29) is 5.41 Å². The molecule has 0 spiro atoms.